The lowest BCUT2D eigenvalue weighted by Crippen LogP contribution is -2.10. The van der Waals surface area contributed by atoms with Gasteiger partial charge < -0.3 is 13.5 Å². The molecule has 11 heteroatoms. The number of aliphatic hydroxyl groups excluding tert-OH is 1. The second-order valence-electron chi connectivity index (χ2n) is 3.27. The molecule has 1 aromatic rings. The maximum absolute atomic E-state index is 10.6. The molecule has 0 aliphatic heterocycles. The van der Waals surface area contributed by atoms with E-state index in [2.05, 4.69) is 8.37 Å². The van der Waals surface area contributed by atoms with Crippen LogP contribution in [0.3, 0.4) is 0 Å². The first-order valence-electron chi connectivity index (χ1n) is 4.68. The van der Waals surface area contributed by atoms with Crippen molar-refractivity contribution >= 4 is 20.8 Å². The summed E-state index contributed by atoms with van der Waals surface area (Å²) in [5.74, 6) is -0.618. The average molecular weight is 314 g/mol. The van der Waals surface area contributed by atoms with E-state index in [1.165, 1.54) is 0 Å². The largest absolute Gasteiger partial charge is 0.446 e. The fraction of sp³-hybridized carbons (Fsp3) is 0.250. The Morgan fingerprint density at radius 3 is 2.05 bits per heavy atom. The predicted molar refractivity (Wildman–Crippen MR) is 61.6 cm³/mol. The van der Waals surface area contributed by atoms with Crippen LogP contribution >= 0.6 is 0 Å². The highest BCUT2D eigenvalue weighted by Gasteiger charge is 2.14. The highest BCUT2D eigenvalue weighted by atomic mass is 32.3. The van der Waals surface area contributed by atoms with Crippen LogP contribution < -0.4 is 8.37 Å². The molecule has 0 radical (unpaired) electrons. The quantitative estimate of drug-likeness (QED) is 0.595. The SMILES string of the molecule is O=S(=O)(O)Oc1ccc(OS(=O)(=O)O)c(CCO)c1. The highest BCUT2D eigenvalue weighted by molar-refractivity contribution is 7.81. The van der Waals surface area contributed by atoms with Crippen LogP contribution in [0.5, 0.6) is 11.5 Å². The van der Waals surface area contributed by atoms with Crippen molar-refractivity contribution in [2.24, 2.45) is 0 Å². The lowest BCUT2D eigenvalue weighted by atomic mass is 10.1. The molecule has 0 amide bonds. The summed E-state index contributed by atoms with van der Waals surface area (Å²) in [7, 11) is -9.48. The third kappa shape index (κ3) is 5.85. The average Bonchev–Trinajstić information content (AvgIpc) is 2.18. The van der Waals surface area contributed by atoms with E-state index >= 15 is 0 Å². The van der Waals surface area contributed by atoms with Crippen LogP contribution in [0.2, 0.25) is 0 Å². The van der Waals surface area contributed by atoms with E-state index in [9.17, 15) is 16.8 Å². The molecule has 0 spiro atoms. The minimum absolute atomic E-state index is 0.0567. The van der Waals surface area contributed by atoms with Gasteiger partial charge in [0.1, 0.15) is 11.5 Å². The molecule has 9 nitrogen and oxygen atoms in total. The van der Waals surface area contributed by atoms with E-state index in [0.717, 1.165) is 18.2 Å². The van der Waals surface area contributed by atoms with Crippen LogP contribution in [0, 0.1) is 0 Å². The maximum Gasteiger partial charge on any atom is 0.446 e. The zero-order valence-corrected chi connectivity index (χ0v) is 10.9. The summed E-state index contributed by atoms with van der Waals surface area (Å²) in [5.41, 5.74) is 0.0567. The summed E-state index contributed by atoms with van der Waals surface area (Å²) in [6.45, 7) is -0.392. The van der Waals surface area contributed by atoms with Gasteiger partial charge >= 0.3 is 20.8 Å². The normalized spacial score (nSPS) is 12.2. The Balaban J connectivity index is 3.14. The molecule has 0 aliphatic carbocycles. The van der Waals surface area contributed by atoms with E-state index < -0.39 is 27.4 Å². The van der Waals surface area contributed by atoms with Crippen molar-refractivity contribution < 1.29 is 39.4 Å². The minimum atomic E-state index is -4.76. The third-order valence-electron chi connectivity index (χ3n) is 1.81. The van der Waals surface area contributed by atoms with E-state index in [0.29, 0.717) is 0 Å². The van der Waals surface area contributed by atoms with Crippen molar-refractivity contribution in [1.29, 1.82) is 0 Å². The molecule has 19 heavy (non-hydrogen) atoms. The smallest absolute Gasteiger partial charge is 0.396 e. The number of hydrogen-bond donors (Lipinski definition) is 3. The lowest BCUT2D eigenvalue weighted by Gasteiger charge is -2.09. The van der Waals surface area contributed by atoms with Crippen LogP contribution in [0.25, 0.3) is 0 Å². The molecule has 0 aromatic heterocycles. The van der Waals surface area contributed by atoms with Gasteiger partial charge in [-0.2, -0.15) is 16.8 Å². The number of aliphatic hydroxyl groups is 1. The Bertz CT molecular complexity index is 647. The third-order valence-corrected chi connectivity index (χ3v) is 2.60. The number of benzene rings is 1. The predicted octanol–water partition coefficient (Wildman–Crippen LogP) is -0.415. The fourth-order valence-corrected chi connectivity index (χ4v) is 1.98. The Morgan fingerprint density at radius 1 is 1.00 bits per heavy atom. The van der Waals surface area contributed by atoms with Crippen LogP contribution in [0.4, 0.5) is 0 Å². The minimum Gasteiger partial charge on any atom is -0.396 e. The van der Waals surface area contributed by atoms with Crippen molar-refractivity contribution in [3.05, 3.63) is 23.8 Å². The van der Waals surface area contributed by atoms with E-state index in [1.807, 2.05) is 0 Å². The van der Waals surface area contributed by atoms with Crippen molar-refractivity contribution in [2.75, 3.05) is 6.61 Å². The van der Waals surface area contributed by atoms with E-state index in [1.54, 1.807) is 0 Å². The monoisotopic (exact) mass is 314 g/mol. The van der Waals surface area contributed by atoms with Gasteiger partial charge in [0.25, 0.3) is 0 Å². The molecule has 108 valence electrons. The second-order valence-corrected chi connectivity index (χ2v) is 5.31. The molecule has 1 rings (SSSR count). The van der Waals surface area contributed by atoms with Crippen LogP contribution in [-0.4, -0.2) is 37.7 Å². The fourth-order valence-electron chi connectivity index (χ4n) is 1.24. The van der Waals surface area contributed by atoms with E-state index in [-0.39, 0.29) is 23.5 Å². The van der Waals surface area contributed by atoms with Gasteiger partial charge in [0.05, 0.1) is 0 Å². The lowest BCUT2D eigenvalue weighted by molar-refractivity contribution is 0.297. The molecule has 0 heterocycles. The standard InChI is InChI=1S/C8H10O9S2/c9-4-3-6-5-7(16-18(10,11)12)1-2-8(6)17-19(13,14)15/h1-2,5,9H,3-4H2,(H,10,11,12)(H,13,14,15). The second kappa shape index (κ2) is 5.71. The summed E-state index contributed by atoms with van der Waals surface area (Å²) in [5, 5.41) is 8.79. The molecule has 0 fully saturated rings. The Kier molecular flexibility index (Phi) is 4.70. The zero-order valence-electron chi connectivity index (χ0n) is 9.25. The first kappa shape index (κ1) is 15.7. The molecule has 0 saturated carbocycles. The molecule has 0 aliphatic rings. The van der Waals surface area contributed by atoms with Gasteiger partial charge in [-0.05, 0) is 24.6 Å². The molecule has 0 saturated heterocycles. The van der Waals surface area contributed by atoms with Gasteiger partial charge in [-0.25, -0.2) is 0 Å². The maximum atomic E-state index is 10.6. The number of hydrogen-bond acceptors (Lipinski definition) is 7. The molecule has 1 aromatic carbocycles. The molecule has 0 atom stereocenters. The van der Waals surface area contributed by atoms with Crippen LogP contribution in [0.1, 0.15) is 5.56 Å². The Morgan fingerprint density at radius 2 is 1.58 bits per heavy atom. The van der Waals surface area contributed by atoms with Crippen LogP contribution in [0.15, 0.2) is 18.2 Å². The summed E-state index contributed by atoms with van der Waals surface area (Å²) in [6.07, 6.45) is -0.0898. The molecular weight excluding hydrogens is 304 g/mol. The van der Waals surface area contributed by atoms with Crippen molar-refractivity contribution in [1.82, 2.24) is 0 Å². The van der Waals surface area contributed by atoms with Crippen molar-refractivity contribution in [3.8, 4) is 11.5 Å². The first-order valence-corrected chi connectivity index (χ1v) is 7.41. The highest BCUT2D eigenvalue weighted by Crippen LogP contribution is 2.26. The summed E-state index contributed by atoms with van der Waals surface area (Å²) in [4.78, 5) is 0. The summed E-state index contributed by atoms with van der Waals surface area (Å²) in [6, 6.07) is 3.03. The van der Waals surface area contributed by atoms with E-state index in [4.69, 9.17) is 14.2 Å². The van der Waals surface area contributed by atoms with Gasteiger partial charge in [0, 0.05) is 12.2 Å². The molecule has 0 unspecified atom stereocenters. The van der Waals surface area contributed by atoms with Gasteiger partial charge in [-0.1, -0.05) is 0 Å². The Hall–Kier alpha value is -1.40. The Labute approximate surface area is 109 Å². The summed E-state index contributed by atoms with van der Waals surface area (Å²) >= 11 is 0. The topological polar surface area (TPSA) is 147 Å². The molecule has 3 N–H and O–H groups in total. The molecular formula is C8H10O9S2. The van der Waals surface area contributed by atoms with Crippen molar-refractivity contribution in [2.45, 2.75) is 6.42 Å². The van der Waals surface area contributed by atoms with Gasteiger partial charge in [-0.3, -0.25) is 9.11 Å². The first-order chi connectivity index (χ1) is 8.61. The summed E-state index contributed by atoms with van der Waals surface area (Å²) < 4.78 is 67.5. The van der Waals surface area contributed by atoms with Gasteiger partial charge in [0.15, 0.2) is 0 Å². The molecule has 0 bridgehead atoms. The van der Waals surface area contributed by atoms with Crippen molar-refractivity contribution in [3.63, 3.8) is 0 Å². The van der Waals surface area contributed by atoms with Gasteiger partial charge in [0.2, 0.25) is 0 Å². The van der Waals surface area contributed by atoms with Crippen LogP contribution in [-0.2, 0) is 27.2 Å². The zero-order chi connectivity index (χ0) is 14.7. The number of rotatable bonds is 6. The van der Waals surface area contributed by atoms with Gasteiger partial charge in [-0.15, -0.1) is 0 Å².